The number of amides is 1. The SMILES string of the molecule is COCC12CCN(C(=O)c3cc(C)oc3C)CC1CN(S(C)(=O)=O)C2. The van der Waals surface area contributed by atoms with Crippen molar-refractivity contribution in [3.05, 3.63) is 23.2 Å². The van der Waals surface area contributed by atoms with E-state index < -0.39 is 10.0 Å². The van der Waals surface area contributed by atoms with Gasteiger partial charge in [0.25, 0.3) is 5.91 Å². The molecule has 140 valence electrons. The number of fused-ring (bicyclic) bond motifs is 1. The van der Waals surface area contributed by atoms with Gasteiger partial charge in [0.15, 0.2) is 0 Å². The van der Waals surface area contributed by atoms with Gasteiger partial charge in [0.2, 0.25) is 10.0 Å². The highest BCUT2D eigenvalue weighted by Gasteiger charge is 2.52. The van der Waals surface area contributed by atoms with E-state index in [9.17, 15) is 13.2 Å². The number of furan rings is 1. The Morgan fingerprint density at radius 1 is 1.40 bits per heavy atom. The molecule has 2 aliphatic rings. The summed E-state index contributed by atoms with van der Waals surface area (Å²) in [5, 5.41) is 0. The number of carbonyl (C=O) groups is 1. The molecule has 2 fully saturated rings. The quantitative estimate of drug-likeness (QED) is 0.797. The Labute approximate surface area is 149 Å². The molecule has 2 aliphatic heterocycles. The number of likely N-dealkylation sites (tertiary alicyclic amines) is 1. The van der Waals surface area contributed by atoms with Gasteiger partial charge in [-0.05, 0) is 32.3 Å². The second-order valence-electron chi connectivity index (χ2n) is 7.38. The molecule has 8 heteroatoms. The number of aryl methyl sites for hydroxylation is 2. The van der Waals surface area contributed by atoms with Crippen molar-refractivity contribution in [1.82, 2.24) is 9.21 Å². The van der Waals surface area contributed by atoms with Crippen LogP contribution < -0.4 is 0 Å². The van der Waals surface area contributed by atoms with Crippen LogP contribution in [0.5, 0.6) is 0 Å². The topological polar surface area (TPSA) is 80.1 Å². The van der Waals surface area contributed by atoms with Crippen LogP contribution >= 0.6 is 0 Å². The third-order valence-corrected chi connectivity index (χ3v) is 6.78. The molecule has 1 aromatic heterocycles. The summed E-state index contributed by atoms with van der Waals surface area (Å²) in [6.45, 7) is 6.17. The lowest BCUT2D eigenvalue weighted by atomic mass is 9.73. The first-order valence-corrected chi connectivity index (χ1v) is 10.3. The van der Waals surface area contributed by atoms with Crippen molar-refractivity contribution in [3.8, 4) is 0 Å². The first-order chi connectivity index (χ1) is 11.7. The second kappa shape index (κ2) is 6.41. The largest absolute Gasteiger partial charge is 0.466 e. The van der Waals surface area contributed by atoms with E-state index in [-0.39, 0.29) is 17.2 Å². The van der Waals surface area contributed by atoms with E-state index in [0.717, 1.165) is 12.2 Å². The average Bonchev–Trinajstić information content (AvgIpc) is 3.06. The smallest absolute Gasteiger partial charge is 0.257 e. The van der Waals surface area contributed by atoms with Crippen molar-refractivity contribution in [2.24, 2.45) is 11.3 Å². The molecule has 3 rings (SSSR count). The molecule has 2 saturated heterocycles. The highest BCUT2D eigenvalue weighted by atomic mass is 32.2. The molecule has 2 atom stereocenters. The zero-order valence-corrected chi connectivity index (χ0v) is 16.1. The lowest BCUT2D eigenvalue weighted by Crippen LogP contribution is -2.50. The predicted molar refractivity (Wildman–Crippen MR) is 92.9 cm³/mol. The summed E-state index contributed by atoms with van der Waals surface area (Å²) >= 11 is 0. The minimum atomic E-state index is -3.25. The molecular weight excluding hydrogens is 344 g/mol. The van der Waals surface area contributed by atoms with Crippen LogP contribution in [0.25, 0.3) is 0 Å². The molecule has 1 amide bonds. The molecule has 0 radical (unpaired) electrons. The highest BCUT2D eigenvalue weighted by Crippen LogP contribution is 2.44. The summed E-state index contributed by atoms with van der Waals surface area (Å²) in [6, 6.07) is 1.77. The number of ether oxygens (including phenoxy) is 1. The minimum Gasteiger partial charge on any atom is -0.466 e. The standard InChI is InChI=1S/C17H26N2O5S/c1-12-7-15(13(2)24-12)16(20)18-6-5-17(11-23-3)10-19(25(4,21)22)9-14(17)8-18/h7,14H,5-6,8-11H2,1-4H3. The minimum absolute atomic E-state index is 0.0434. The maximum absolute atomic E-state index is 12.9. The van der Waals surface area contributed by atoms with Gasteiger partial charge in [-0.15, -0.1) is 0 Å². The van der Waals surface area contributed by atoms with Crippen LogP contribution in [0.2, 0.25) is 0 Å². The number of hydrogen-bond donors (Lipinski definition) is 0. The molecule has 0 N–H and O–H groups in total. The molecule has 0 aliphatic carbocycles. The Bertz CT molecular complexity index is 772. The Morgan fingerprint density at radius 2 is 2.12 bits per heavy atom. The van der Waals surface area contributed by atoms with Gasteiger partial charge in [-0.1, -0.05) is 0 Å². The van der Waals surface area contributed by atoms with Crippen molar-refractivity contribution in [1.29, 1.82) is 0 Å². The second-order valence-corrected chi connectivity index (χ2v) is 9.36. The maximum atomic E-state index is 12.9. The van der Waals surface area contributed by atoms with Crippen LogP contribution in [-0.4, -0.2) is 69.7 Å². The van der Waals surface area contributed by atoms with Crippen molar-refractivity contribution in [2.75, 3.05) is 46.2 Å². The Kier molecular flexibility index (Phi) is 4.72. The van der Waals surface area contributed by atoms with Crippen molar-refractivity contribution in [3.63, 3.8) is 0 Å². The highest BCUT2D eigenvalue weighted by molar-refractivity contribution is 7.88. The predicted octanol–water partition coefficient (Wildman–Crippen LogP) is 1.27. The lowest BCUT2D eigenvalue weighted by Gasteiger charge is -2.43. The van der Waals surface area contributed by atoms with Gasteiger partial charge in [0, 0.05) is 38.7 Å². The van der Waals surface area contributed by atoms with Gasteiger partial charge in [-0.3, -0.25) is 4.79 Å². The van der Waals surface area contributed by atoms with Crippen molar-refractivity contribution in [2.45, 2.75) is 20.3 Å². The lowest BCUT2D eigenvalue weighted by molar-refractivity contribution is 0.00337. The average molecular weight is 370 g/mol. The van der Waals surface area contributed by atoms with E-state index in [2.05, 4.69) is 0 Å². The zero-order chi connectivity index (χ0) is 18.4. The van der Waals surface area contributed by atoms with Crippen LogP contribution in [0.3, 0.4) is 0 Å². The monoisotopic (exact) mass is 370 g/mol. The van der Waals surface area contributed by atoms with E-state index in [0.29, 0.717) is 44.1 Å². The van der Waals surface area contributed by atoms with E-state index in [4.69, 9.17) is 9.15 Å². The van der Waals surface area contributed by atoms with Gasteiger partial charge in [-0.2, -0.15) is 0 Å². The normalized spacial score (nSPS) is 27.5. The van der Waals surface area contributed by atoms with Crippen molar-refractivity contribution >= 4 is 15.9 Å². The molecule has 1 aromatic rings. The Morgan fingerprint density at radius 3 is 2.68 bits per heavy atom. The molecule has 3 heterocycles. The zero-order valence-electron chi connectivity index (χ0n) is 15.2. The first kappa shape index (κ1) is 18.4. The molecule has 0 aromatic carbocycles. The van der Waals surface area contributed by atoms with Crippen LogP contribution in [-0.2, 0) is 14.8 Å². The fraction of sp³-hybridized carbons (Fsp3) is 0.706. The molecule has 0 bridgehead atoms. The summed E-state index contributed by atoms with van der Waals surface area (Å²) in [5.41, 5.74) is 0.380. The number of sulfonamides is 1. The summed E-state index contributed by atoms with van der Waals surface area (Å²) in [5.74, 6) is 1.38. The molecule has 25 heavy (non-hydrogen) atoms. The van der Waals surface area contributed by atoms with Gasteiger partial charge >= 0.3 is 0 Å². The van der Waals surface area contributed by atoms with Crippen LogP contribution in [0.15, 0.2) is 10.5 Å². The number of nitrogens with zero attached hydrogens (tertiary/aromatic N) is 2. The summed E-state index contributed by atoms with van der Waals surface area (Å²) in [7, 11) is -1.61. The first-order valence-electron chi connectivity index (χ1n) is 8.47. The number of hydrogen-bond acceptors (Lipinski definition) is 5. The van der Waals surface area contributed by atoms with Gasteiger partial charge in [0.05, 0.1) is 18.4 Å². The van der Waals surface area contributed by atoms with Crippen molar-refractivity contribution < 1.29 is 22.4 Å². The molecular formula is C17H26N2O5S. The van der Waals surface area contributed by atoms with Crippen LogP contribution in [0.4, 0.5) is 0 Å². The fourth-order valence-corrected chi connectivity index (χ4v) is 5.15. The number of rotatable bonds is 4. The van der Waals surface area contributed by atoms with E-state index >= 15 is 0 Å². The van der Waals surface area contributed by atoms with Gasteiger partial charge < -0.3 is 14.1 Å². The number of piperidine rings is 1. The summed E-state index contributed by atoms with van der Waals surface area (Å²) < 4.78 is 36.4. The van der Waals surface area contributed by atoms with Crippen LogP contribution in [0, 0.1) is 25.2 Å². The third-order valence-electron chi connectivity index (χ3n) is 5.56. The summed E-state index contributed by atoms with van der Waals surface area (Å²) in [6.07, 6.45) is 1.98. The molecule has 0 spiro atoms. The maximum Gasteiger partial charge on any atom is 0.257 e. The van der Waals surface area contributed by atoms with E-state index in [1.807, 2.05) is 11.8 Å². The molecule has 0 saturated carbocycles. The number of methoxy groups -OCH3 is 1. The molecule has 7 nitrogen and oxygen atoms in total. The summed E-state index contributed by atoms with van der Waals surface area (Å²) in [4.78, 5) is 14.7. The third kappa shape index (κ3) is 3.35. The van der Waals surface area contributed by atoms with Crippen LogP contribution in [0.1, 0.15) is 28.3 Å². The Balaban J connectivity index is 1.81. The van der Waals surface area contributed by atoms with E-state index in [1.54, 1.807) is 20.1 Å². The number of carbonyl (C=O) groups excluding carboxylic acids is 1. The van der Waals surface area contributed by atoms with Gasteiger partial charge in [-0.25, -0.2) is 12.7 Å². The molecule has 2 unspecified atom stereocenters. The van der Waals surface area contributed by atoms with Gasteiger partial charge in [0.1, 0.15) is 11.5 Å². The Hall–Kier alpha value is -1.38. The fourth-order valence-electron chi connectivity index (χ4n) is 4.21. The van der Waals surface area contributed by atoms with E-state index in [1.165, 1.54) is 10.6 Å².